The van der Waals surface area contributed by atoms with Crippen LogP contribution in [0.3, 0.4) is 0 Å². The molecule has 0 bridgehead atoms. The standard InChI is InChI=1S/C15H25N3O3/c1-3-5-18-12-16-11-14(18)13(10-15(19)21-4-2)17-6-8-20-9-7-17/h11-13H,3-10H2,1-2H3. The largest absolute Gasteiger partial charge is 0.466 e. The Morgan fingerprint density at radius 3 is 2.86 bits per heavy atom. The molecule has 2 rings (SSSR count). The highest BCUT2D eigenvalue weighted by atomic mass is 16.5. The van der Waals surface area contributed by atoms with Gasteiger partial charge in [0.05, 0.1) is 44.3 Å². The number of carbonyl (C=O) groups is 1. The number of hydrogen-bond donors (Lipinski definition) is 0. The first-order valence-electron chi connectivity index (χ1n) is 7.73. The van der Waals surface area contributed by atoms with Gasteiger partial charge in [-0.2, -0.15) is 0 Å². The van der Waals surface area contributed by atoms with Gasteiger partial charge in [-0.25, -0.2) is 4.98 Å². The van der Waals surface area contributed by atoms with Crippen LogP contribution in [0.5, 0.6) is 0 Å². The minimum atomic E-state index is -0.154. The summed E-state index contributed by atoms with van der Waals surface area (Å²) in [4.78, 5) is 18.5. The quantitative estimate of drug-likeness (QED) is 0.715. The van der Waals surface area contributed by atoms with E-state index in [0.717, 1.165) is 31.7 Å². The van der Waals surface area contributed by atoms with E-state index in [2.05, 4.69) is 21.4 Å². The topological polar surface area (TPSA) is 56.6 Å². The molecule has 1 saturated heterocycles. The molecule has 0 N–H and O–H groups in total. The molecule has 2 heterocycles. The molecule has 0 spiro atoms. The Labute approximate surface area is 126 Å². The Bertz CT molecular complexity index is 441. The normalized spacial score (nSPS) is 17.6. The van der Waals surface area contributed by atoms with E-state index >= 15 is 0 Å². The summed E-state index contributed by atoms with van der Waals surface area (Å²) in [6, 6.07) is 0.0157. The Balaban J connectivity index is 2.17. The molecular formula is C15H25N3O3. The van der Waals surface area contributed by atoms with Crippen LogP contribution in [0.2, 0.25) is 0 Å². The minimum Gasteiger partial charge on any atom is -0.466 e. The first-order chi connectivity index (χ1) is 10.3. The van der Waals surface area contributed by atoms with Crippen molar-refractivity contribution in [1.29, 1.82) is 0 Å². The van der Waals surface area contributed by atoms with Gasteiger partial charge in [0.1, 0.15) is 0 Å². The van der Waals surface area contributed by atoms with Gasteiger partial charge >= 0.3 is 5.97 Å². The number of esters is 1. The molecule has 0 aromatic carbocycles. The molecule has 21 heavy (non-hydrogen) atoms. The fourth-order valence-corrected chi connectivity index (χ4v) is 2.72. The van der Waals surface area contributed by atoms with Crippen molar-refractivity contribution in [1.82, 2.24) is 14.5 Å². The van der Waals surface area contributed by atoms with Gasteiger partial charge < -0.3 is 14.0 Å². The minimum absolute atomic E-state index is 0.0157. The summed E-state index contributed by atoms with van der Waals surface area (Å²) in [6.45, 7) is 8.40. The van der Waals surface area contributed by atoms with Crippen LogP contribution < -0.4 is 0 Å². The first kappa shape index (κ1) is 16.0. The van der Waals surface area contributed by atoms with E-state index in [-0.39, 0.29) is 12.0 Å². The van der Waals surface area contributed by atoms with E-state index < -0.39 is 0 Å². The Morgan fingerprint density at radius 2 is 2.19 bits per heavy atom. The maximum Gasteiger partial charge on any atom is 0.307 e. The predicted octanol–water partition coefficient (Wildman–Crippen LogP) is 1.62. The van der Waals surface area contributed by atoms with Gasteiger partial charge in [-0.15, -0.1) is 0 Å². The van der Waals surface area contributed by atoms with Crippen molar-refractivity contribution in [2.75, 3.05) is 32.9 Å². The Hall–Kier alpha value is -1.40. The molecule has 0 saturated carbocycles. The van der Waals surface area contributed by atoms with Crippen molar-refractivity contribution < 1.29 is 14.3 Å². The van der Waals surface area contributed by atoms with Crippen molar-refractivity contribution in [3.8, 4) is 0 Å². The van der Waals surface area contributed by atoms with Crippen LogP contribution in [0.15, 0.2) is 12.5 Å². The zero-order chi connectivity index (χ0) is 15.1. The highest BCUT2D eigenvalue weighted by molar-refractivity contribution is 5.70. The number of hydrogen-bond acceptors (Lipinski definition) is 5. The van der Waals surface area contributed by atoms with E-state index in [9.17, 15) is 4.79 Å². The third kappa shape index (κ3) is 4.28. The van der Waals surface area contributed by atoms with Crippen LogP contribution in [0.4, 0.5) is 0 Å². The average Bonchev–Trinajstić information content (AvgIpc) is 2.94. The van der Waals surface area contributed by atoms with Crippen LogP contribution in [0, 0.1) is 0 Å². The predicted molar refractivity (Wildman–Crippen MR) is 78.9 cm³/mol. The smallest absolute Gasteiger partial charge is 0.307 e. The second-order valence-corrected chi connectivity index (χ2v) is 5.19. The number of imidazole rings is 1. The van der Waals surface area contributed by atoms with E-state index in [4.69, 9.17) is 9.47 Å². The van der Waals surface area contributed by atoms with Gasteiger partial charge in [-0.05, 0) is 13.3 Å². The van der Waals surface area contributed by atoms with Crippen LogP contribution in [0.25, 0.3) is 0 Å². The zero-order valence-corrected chi connectivity index (χ0v) is 13.0. The fourth-order valence-electron chi connectivity index (χ4n) is 2.72. The molecule has 1 fully saturated rings. The third-order valence-corrected chi connectivity index (χ3v) is 3.70. The molecule has 1 aliphatic rings. The molecule has 1 unspecified atom stereocenters. The van der Waals surface area contributed by atoms with Gasteiger partial charge in [0.25, 0.3) is 0 Å². The first-order valence-corrected chi connectivity index (χ1v) is 7.73. The zero-order valence-electron chi connectivity index (χ0n) is 13.0. The van der Waals surface area contributed by atoms with E-state index in [0.29, 0.717) is 26.2 Å². The lowest BCUT2D eigenvalue weighted by Gasteiger charge is -2.34. The number of carbonyl (C=O) groups excluding carboxylic acids is 1. The summed E-state index contributed by atoms with van der Waals surface area (Å²) >= 11 is 0. The molecule has 0 aliphatic carbocycles. The maximum absolute atomic E-state index is 12.0. The second-order valence-electron chi connectivity index (χ2n) is 5.19. The molecule has 6 heteroatoms. The SMILES string of the molecule is CCCn1cncc1C(CC(=O)OCC)N1CCOCC1. The van der Waals surface area contributed by atoms with Crippen LogP contribution in [-0.2, 0) is 20.8 Å². The lowest BCUT2D eigenvalue weighted by atomic mass is 10.1. The summed E-state index contributed by atoms with van der Waals surface area (Å²) in [7, 11) is 0. The summed E-state index contributed by atoms with van der Waals surface area (Å²) < 4.78 is 12.7. The fraction of sp³-hybridized carbons (Fsp3) is 0.733. The number of morpholine rings is 1. The molecule has 0 radical (unpaired) electrons. The highest BCUT2D eigenvalue weighted by Crippen LogP contribution is 2.26. The van der Waals surface area contributed by atoms with Gasteiger partial charge in [0.15, 0.2) is 0 Å². The summed E-state index contributed by atoms with van der Waals surface area (Å²) in [5.41, 5.74) is 1.09. The van der Waals surface area contributed by atoms with Crippen molar-refractivity contribution in [3.63, 3.8) is 0 Å². The number of aryl methyl sites for hydroxylation is 1. The lowest BCUT2D eigenvalue weighted by molar-refractivity contribution is -0.145. The highest BCUT2D eigenvalue weighted by Gasteiger charge is 2.28. The summed E-state index contributed by atoms with van der Waals surface area (Å²) in [5, 5.41) is 0. The number of nitrogens with zero attached hydrogens (tertiary/aromatic N) is 3. The van der Waals surface area contributed by atoms with Gasteiger partial charge in [-0.1, -0.05) is 6.92 Å². The van der Waals surface area contributed by atoms with Crippen LogP contribution in [-0.4, -0.2) is 53.3 Å². The Morgan fingerprint density at radius 1 is 1.43 bits per heavy atom. The second kappa shape index (κ2) is 8.14. The van der Waals surface area contributed by atoms with E-state index in [1.54, 1.807) is 0 Å². The van der Waals surface area contributed by atoms with Crippen molar-refractivity contribution in [3.05, 3.63) is 18.2 Å². The number of aromatic nitrogens is 2. The molecule has 0 amide bonds. The monoisotopic (exact) mass is 295 g/mol. The Kier molecular flexibility index (Phi) is 6.20. The van der Waals surface area contributed by atoms with Crippen molar-refractivity contribution in [2.45, 2.75) is 39.3 Å². The van der Waals surface area contributed by atoms with Gasteiger partial charge in [0, 0.05) is 25.8 Å². The molecule has 1 aromatic heterocycles. The molecule has 1 atom stereocenters. The molecular weight excluding hydrogens is 270 g/mol. The molecule has 6 nitrogen and oxygen atoms in total. The van der Waals surface area contributed by atoms with Crippen molar-refractivity contribution >= 4 is 5.97 Å². The summed E-state index contributed by atoms with van der Waals surface area (Å²) in [6.07, 6.45) is 5.12. The molecule has 1 aliphatic heterocycles. The van der Waals surface area contributed by atoms with Gasteiger partial charge in [-0.3, -0.25) is 9.69 Å². The average molecular weight is 295 g/mol. The lowest BCUT2D eigenvalue weighted by Crippen LogP contribution is -2.40. The number of rotatable bonds is 7. The molecule has 1 aromatic rings. The maximum atomic E-state index is 12.0. The number of ether oxygens (including phenoxy) is 2. The van der Waals surface area contributed by atoms with Crippen molar-refractivity contribution in [2.24, 2.45) is 0 Å². The summed E-state index contributed by atoms with van der Waals surface area (Å²) in [5.74, 6) is -0.154. The van der Waals surface area contributed by atoms with E-state index in [1.807, 2.05) is 19.4 Å². The van der Waals surface area contributed by atoms with Crippen LogP contribution in [0.1, 0.15) is 38.4 Å². The van der Waals surface area contributed by atoms with E-state index in [1.165, 1.54) is 0 Å². The molecule has 118 valence electrons. The third-order valence-electron chi connectivity index (χ3n) is 3.70. The van der Waals surface area contributed by atoms with Crippen LogP contribution >= 0.6 is 0 Å². The van der Waals surface area contributed by atoms with Gasteiger partial charge in [0.2, 0.25) is 0 Å².